The molecule has 0 radical (unpaired) electrons. The van der Waals surface area contributed by atoms with E-state index in [4.69, 9.17) is 0 Å². The lowest BCUT2D eigenvalue weighted by Gasteiger charge is -2.16. The lowest BCUT2D eigenvalue weighted by molar-refractivity contribution is 0.505. The number of thioether (sulfide) groups is 1. The van der Waals surface area contributed by atoms with E-state index in [0.29, 0.717) is 5.75 Å². The van der Waals surface area contributed by atoms with Gasteiger partial charge in [-0.1, -0.05) is 20.8 Å². The van der Waals surface area contributed by atoms with Crippen LogP contribution in [0.3, 0.4) is 0 Å². The summed E-state index contributed by atoms with van der Waals surface area (Å²) < 4.78 is 25.7. The summed E-state index contributed by atoms with van der Waals surface area (Å²) in [6.45, 7) is 6.05. The van der Waals surface area contributed by atoms with Crippen LogP contribution in [-0.2, 0) is 5.75 Å². The van der Waals surface area contributed by atoms with Crippen LogP contribution < -0.4 is 0 Å². The van der Waals surface area contributed by atoms with Crippen LogP contribution in [0.5, 0.6) is 0 Å². The van der Waals surface area contributed by atoms with E-state index >= 15 is 0 Å². The molecule has 0 unspecified atom stereocenters. The fourth-order valence-electron chi connectivity index (χ4n) is 0.780. The van der Waals surface area contributed by atoms with Crippen molar-refractivity contribution in [3.63, 3.8) is 0 Å². The van der Waals surface area contributed by atoms with Crippen molar-refractivity contribution in [3.05, 3.63) is 22.2 Å². The van der Waals surface area contributed by atoms with Gasteiger partial charge in [-0.3, -0.25) is 0 Å². The van der Waals surface area contributed by atoms with Crippen molar-refractivity contribution in [3.8, 4) is 0 Å². The average Bonchev–Trinajstić information content (AvgIpc) is 2.09. The van der Waals surface area contributed by atoms with Gasteiger partial charge >= 0.3 is 0 Å². The quantitative estimate of drug-likeness (QED) is 0.781. The molecule has 84 valence electrons. The highest BCUT2D eigenvalue weighted by Crippen LogP contribution is 2.26. The highest BCUT2D eigenvalue weighted by molar-refractivity contribution is 9.10. The molecule has 15 heavy (non-hydrogen) atoms. The Labute approximate surface area is 100 Å². The number of halogens is 3. The van der Waals surface area contributed by atoms with Gasteiger partial charge in [-0.05, 0) is 15.9 Å². The second-order valence-electron chi connectivity index (χ2n) is 3.94. The number of rotatable bonds is 2. The molecule has 0 aromatic carbocycles. The van der Waals surface area contributed by atoms with Crippen LogP contribution in [0.1, 0.15) is 26.6 Å². The average molecular weight is 297 g/mol. The smallest absolute Gasteiger partial charge is 0.202 e. The van der Waals surface area contributed by atoms with E-state index in [1.54, 1.807) is 0 Å². The molecular weight excluding hydrogens is 286 g/mol. The molecule has 1 aromatic heterocycles. The summed E-state index contributed by atoms with van der Waals surface area (Å²) >= 11 is 4.26. The monoisotopic (exact) mass is 296 g/mol. The lowest BCUT2D eigenvalue weighted by Crippen LogP contribution is -2.09. The van der Waals surface area contributed by atoms with Crippen molar-refractivity contribution in [2.75, 3.05) is 0 Å². The topological polar surface area (TPSA) is 25.8 Å². The maximum absolute atomic E-state index is 13.0. The predicted octanol–water partition coefficient (Wildman–Crippen LogP) is 3.55. The van der Waals surface area contributed by atoms with Gasteiger partial charge in [0.15, 0.2) is 0 Å². The lowest BCUT2D eigenvalue weighted by atomic mass is 10.3. The van der Waals surface area contributed by atoms with E-state index in [1.165, 1.54) is 11.8 Å². The van der Waals surface area contributed by atoms with Gasteiger partial charge in [-0.25, -0.2) is 9.97 Å². The van der Waals surface area contributed by atoms with Gasteiger partial charge in [0.2, 0.25) is 11.9 Å². The van der Waals surface area contributed by atoms with Gasteiger partial charge in [0.05, 0.1) is 5.75 Å². The summed E-state index contributed by atoms with van der Waals surface area (Å²) in [6, 6.07) is 0. The first-order valence-electron chi connectivity index (χ1n) is 4.31. The zero-order valence-electron chi connectivity index (χ0n) is 8.64. The van der Waals surface area contributed by atoms with Gasteiger partial charge in [0.25, 0.3) is 0 Å². The Balaban J connectivity index is 2.80. The van der Waals surface area contributed by atoms with Crippen LogP contribution in [0, 0.1) is 11.9 Å². The van der Waals surface area contributed by atoms with E-state index in [0.717, 1.165) is 0 Å². The van der Waals surface area contributed by atoms with Crippen molar-refractivity contribution in [1.82, 2.24) is 9.97 Å². The van der Waals surface area contributed by atoms with Crippen molar-refractivity contribution < 1.29 is 8.78 Å². The molecule has 0 aliphatic carbocycles. The molecule has 0 atom stereocenters. The third-order valence-electron chi connectivity index (χ3n) is 1.45. The van der Waals surface area contributed by atoms with E-state index in [1.807, 2.05) is 20.8 Å². The molecule has 0 amide bonds. The molecule has 0 saturated carbocycles. The second-order valence-corrected chi connectivity index (χ2v) is 6.53. The molecule has 1 heterocycles. The van der Waals surface area contributed by atoms with Crippen molar-refractivity contribution in [2.45, 2.75) is 31.3 Å². The van der Waals surface area contributed by atoms with Gasteiger partial charge in [-0.15, -0.1) is 11.8 Å². The molecule has 0 bridgehead atoms. The van der Waals surface area contributed by atoms with Crippen molar-refractivity contribution in [1.29, 1.82) is 0 Å². The SMILES string of the molecule is CC(C)(C)SCc1nc(F)c(Br)c(F)n1. The van der Waals surface area contributed by atoms with Gasteiger partial charge in [0, 0.05) is 4.75 Å². The first kappa shape index (κ1) is 12.8. The standard InChI is InChI=1S/C9H11BrF2N2S/c1-9(2,3)15-4-5-13-7(11)6(10)8(12)14-5/h4H2,1-3H3. The van der Waals surface area contributed by atoms with Crippen LogP contribution in [0.15, 0.2) is 4.47 Å². The summed E-state index contributed by atoms with van der Waals surface area (Å²) in [5.74, 6) is -1.14. The molecule has 6 heteroatoms. The zero-order valence-corrected chi connectivity index (χ0v) is 11.0. The van der Waals surface area contributed by atoms with Crippen molar-refractivity contribution in [2.24, 2.45) is 0 Å². The van der Waals surface area contributed by atoms with Crippen molar-refractivity contribution >= 4 is 27.7 Å². The first-order chi connectivity index (χ1) is 6.79. The molecule has 1 rings (SSSR count). The zero-order chi connectivity index (χ0) is 11.6. The third kappa shape index (κ3) is 4.03. The minimum absolute atomic E-state index is 0.0172. The molecule has 0 fully saturated rings. The molecule has 1 aromatic rings. The Bertz CT molecular complexity index is 343. The summed E-state index contributed by atoms with van der Waals surface area (Å²) in [6.07, 6.45) is 0. The van der Waals surface area contributed by atoms with E-state index in [-0.39, 0.29) is 15.0 Å². The van der Waals surface area contributed by atoms with E-state index < -0.39 is 11.9 Å². The molecule has 2 nitrogen and oxygen atoms in total. The number of aromatic nitrogens is 2. The molecule has 0 saturated heterocycles. The minimum atomic E-state index is -0.855. The molecule has 0 aliphatic heterocycles. The second kappa shape index (κ2) is 4.74. The highest BCUT2D eigenvalue weighted by atomic mass is 79.9. The van der Waals surface area contributed by atoms with Crippen LogP contribution in [-0.4, -0.2) is 14.7 Å². The largest absolute Gasteiger partial charge is 0.233 e. The molecule has 0 aliphatic rings. The van der Waals surface area contributed by atoms with Gasteiger partial charge in [0.1, 0.15) is 10.3 Å². The Hall–Kier alpha value is -0.230. The summed E-state index contributed by atoms with van der Waals surface area (Å²) in [5, 5.41) is 0. The third-order valence-corrected chi connectivity index (χ3v) is 3.37. The molecule has 0 spiro atoms. The summed E-state index contributed by atoms with van der Waals surface area (Å²) in [4.78, 5) is 7.10. The van der Waals surface area contributed by atoms with E-state index in [2.05, 4.69) is 25.9 Å². The maximum Gasteiger partial charge on any atom is 0.233 e. The fourth-order valence-corrected chi connectivity index (χ4v) is 1.65. The van der Waals surface area contributed by atoms with Gasteiger partial charge < -0.3 is 0 Å². The Kier molecular flexibility index (Phi) is 4.06. The highest BCUT2D eigenvalue weighted by Gasteiger charge is 2.15. The van der Waals surface area contributed by atoms with E-state index in [9.17, 15) is 8.78 Å². The van der Waals surface area contributed by atoms with Crippen LogP contribution in [0.4, 0.5) is 8.78 Å². The Morgan fingerprint density at radius 1 is 1.20 bits per heavy atom. The fraction of sp³-hybridized carbons (Fsp3) is 0.556. The first-order valence-corrected chi connectivity index (χ1v) is 6.09. The summed E-state index contributed by atoms with van der Waals surface area (Å²) in [5.41, 5.74) is 0. The predicted molar refractivity (Wildman–Crippen MR) is 60.7 cm³/mol. The van der Waals surface area contributed by atoms with Gasteiger partial charge in [-0.2, -0.15) is 8.78 Å². The van der Waals surface area contributed by atoms with Crippen LogP contribution in [0.2, 0.25) is 0 Å². The Morgan fingerprint density at radius 2 is 1.67 bits per heavy atom. The molecule has 0 N–H and O–H groups in total. The number of hydrogen-bond acceptors (Lipinski definition) is 3. The summed E-state index contributed by atoms with van der Waals surface area (Å²) in [7, 11) is 0. The van der Waals surface area contributed by atoms with Crippen LogP contribution >= 0.6 is 27.7 Å². The normalized spacial score (nSPS) is 11.9. The Morgan fingerprint density at radius 3 is 2.07 bits per heavy atom. The minimum Gasteiger partial charge on any atom is -0.202 e. The van der Waals surface area contributed by atoms with Crippen LogP contribution in [0.25, 0.3) is 0 Å². The number of hydrogen-bond donors (Lipinski definition) is 0. The molecular formula is C9H11BrF2N2S. The number of nitrogens with zero attached hydrogens (tertiary/aromatic N) is 2. The maximum atomic E-state index is 13.0.